The van der Waals surface area contributed by atoms with E-state index in [1.807, 2.05) is 0 Å². The van der Waals surface area contributed by atoms with Crippen LogP contribution in [0.4, 0.5) is 0 Å². The first-order chi connectivity index (χ1) is 5.31. The summed E-state index contributed by atoms with van der Waals surface area (Å²) in [5.41, 5.74) is 10.9. The molecule has 68 valence electrons. The van der Waals surface area contributed by atoms with Gasteiger partial charge in [-0.3, -0.25) is 0 Å². The molecular weight excluding hydrogens is 140 g/mol. The van der Waals surface area contributed by atoms with E-state index < -0.39 is 0 Å². The molecule has 0 radical (unpaired) electrons. The Bertz CT molecular complexity index is 78.5. The molecule has 0 aromatic rings. The van der Waals surface area contributed by atoms with Crippen LogP contribution in [-0.2, 0) is 4.74 Å². The van der Waals surface area contributed by atoms with Crippen LogP contribution in [0.25, 0.3) is 0 Å². The van der Waals surface area contributed by atoms with Crippen molar-refractivity contribution in [1.82, 2.24) is 0 Å². The molecule has 0 bridgehead atoms. The van der Waals surface area contributed by atoms with Crippen LogP contribution in [0.1, 0.15) is 32.1 Å². The van der Waals surface area contributed by atoms with Gasteiger partial charge in [0.1, 0.15) is 6.23 Å². The minimum Gasteiger partial charge on any atom is -0.367 e. The van der Waals surface area contributed by atoms with Gasteiger partial charge in [0.2, 0.25) is 0 Å². The maximum Gasteiger partial charge on any atom is 0.105 e. The van der Waals surface area contributed by atoms with Gasteiger partial charge in [-0.1, -0.05) is 12.8 Å². The third-order valence-electron chi connectivity index (χ3n) is 1.75. The Morgan fingerprint density at radius 3 is 2.36 bits per heavy atom. The summed E-state index contributed by atoms with van der Waals surface area (Å²) in [5.74, 6) is 0. The molecule has 11 heavy (non-hydrogen) atoms. The zero-order valence-electron chi connectivity index (χ0n) is 7.38. The molecular formula is C8H20N2O. The van der Waals surface area contributed by atoms with Gasteiger partial charge in [-0.05, 0) is 25.8 Å². The molecule has 0 aliphatic heterocycles. The van der Waals surface area contributed by atoms with Gasteiger partial charge in [-0.2, -0.15) is 0 Å². The van der Waals surface area contributed by atoms with E-state index in [4.69, 9.17) is 16.2 Å². The summed E-state index contributed by atoms with van der Waals surface area (Å²) in [6.45, 7) is 0.802. The summed E-state index contributed by atoms with van der Waals surface area (Å²) in [7, 11) is 1.64. The van der Waals surface area contributed by atoms with Crippen LogP contribution in [0.5, 0.6) is 0 Å². The van der Waals surface area contributed by atoms with E-state index in [1.165, 1.54) is 12.8 Å². The van der Waals surface area contributed by atoms with E-state index in [9.17, 15) is 0 Å². The van der Waals surface area contributed by atoms with E-state index in [0.717, 1.165) is 25.8 Å². The Kier molecular flexibility index (Phi) is 7.89. The van der Waals surface area contributed by atoms with Gasteiger partial charge < -0.3 is 16.2 Å². The molecule has 0 aliphatic rings. The highest BCUT2D eigenvalue weighted by atomic mass is 16.5. The van der Waals surface area contributed by atoms with Crippen molar-refractivity contribution in [1.29, 1.82) is 0 Å². The summed E-state index contributed by atoms with van der Waals surface area (Å²) in [4.78, 5) is 0. The average molecular weight is 160 g/mol. The zero-order chi connectivity index (χ0) is 8.53. The molecule has 1 atom stereocenters. The Hall–Kier alpha value is -0.120. The smallest absolute Gasteiger partial charge is 0.105 e. The van der Waals surface area contributed by atoms with Crippen LogP contribution in [0.2, 0.25) is 0 Å². The number of hydrogen-bond donors (Lipinski definition) is 2. The Morgan fingerprint density at radius 2 is 1.82 bits per heavy atom. The van der Waals surface area contributed by atoms with Gasteiger partial charge in [0.15, 0.2) is 0 Å². The van der Waals surface area contributed by atoms with E-state index in [0.29, 0.717) is 0 Å². The van der Waals surface area contributed by atoms with Gasteiger partial charge in [0.25, 0.3) is 0 Å². The van der Waals surface area contributed by atoms with Crippen LogP contribution in [0, 0.1) is 0 Å². The SMILES string of the molecule is COC(N)CCCCCCN. The van der Waals surface area contributed by atoms with Crippen LogP contribution in [0.15, 0.2) is 0 Å². The minimum atomic E-state index is -0.0760. The molecule has 1 unspecified atom stereocenters. The quantitative estimate of drug-likeness (QED) is 0.428. The molecule has 3 heteroatoms. The molecule has 3 nitrogen and oxygen atoms in total. The summed E-state index contributed by atoms with van der Waals surface area (Å²) in [6, 6.07) is 0. The number of methoxy groups -OCH3 is 1. The summed E-state index contributed by atoms with van der Waals surface area (Å²) in [5, 5.41) is 0. The van der Waals surface area contributed by atoms with Gasteiger partial charge in [0, 0.05) is 7.11 Å². The average Bonchev–Trinajstić information content (AvgIpc) is 2.04. The van der Waals surface area contributed by atoms with Crippen molar-refractivity contribution in [3.63, 3.8) is 0 Å². The molecule has 0 saturated carbocycles. The van der Waals surface area contributed by atoms with E-state index in [2.05, 4.69) is 0 Å². The Balaban J connectivity index is 2.89. The molecule has 0 rings (SSSR count). The standard InChI is InChI=1S/C8H20N2O/c1-11-8(10)6-4-2-3-5-7-9/h8H,2-7,9-10H2,1H3. The third kappa shape index (κ3) is 7.78. The maximum absolute atomic E-state index is 5.54. The molecule has 0 fully saturated rings. The largest absolute Gasteiger partial charge is 0.367 e. The first-order valence-electron chi connectivity index (χ1n) is 4.29. The highest BCUT2D eigenvalue weighted by Gasteiger charge is 1.97. The van der Waals surface area contributed by atoms with Crippen LogP contribution in [-0.4, -0.2) is 19.9 Å². The fourth-order valence-corrected chi connectivity index (χ4v) is 0.961. The van der Waals surface area contributed by atoms with Gasteiger partial charge in [0.05, 0.1) is 0 Å². The van der Waals surface area contributed by atoms with Crippen LogP contribution >= 0.6 is 0 Å². The van der Waals surface area contributed by atoms with Gasteiger partial charge in [-0.25, -0.2) is 0 Å². The lowest BCUT2D eigenvalue weighted by Crippen LogP contribution is -2.21. The maximum atomic E-state index is 5.54. The predicted octanol–water partition coefficient (Wildman–Crippen LogP) is 0.827. The molecule has 0 aromatic heterocycles. The second-order valence-electron chi connectivity index (χ2n) is 2.77. The third-order valence-corrected chi connectivity index (χ3v) is 1.75. The summed E-state index contributed by atoms with van der Waals surface area (Å²) < 4.78 is 4.91. The van der Waals surface area contributed by atoms with Crippen molar-refractivity contribution in [2.24, 2.45) is 11.5 Å². The molecule has 0 aliphatic carbocycles. The van der Waals surface area contributed by atoms with Crippen LogP contribution in [0.3, 0.4) is 0 Å². The molecule has 0 amide bonds. The fraction of sp³-hybridized carbons (Fsp3) is 1.00. The molecule has 0 saturated heterocycles. The highest BCUT2D eigenvalue weighted by Crippen LogP contribution is 2.03. The van der Waals surface area contributed by atoms with Crippen molar-refractivity contribution < 1.29 is 4.74 Å². The second kappa shape index (κ2) is 7.98. The Morgan fingerprint density at radius 1 is 1.18 bits per heavy atom. The van der Waals surface area contributed by atoms with Crippen molar-refractivity contribution in [2.75, 3.05) is 13.7 Å². The number of ether oxygens (including phenoxy) is 1. The fourth-order valence-electron chi connectivity index (χ4n) is 0.961. The predicted molar refractivity (Wildman–Crippen MR) is 47.1 cm³/mol. The lowest BCUT2D eigenvalue weighted by molar-refractivity contribution is 0.0984. The normalized spacial score (nSPS) is 13.4. The number of hydrogen-bond acceptors (Lipinski definition) is 3. The topological polar surface area (TPSA) is 61.3 Å². The van der Waals surface area contributed by atoms with E-state index >= 15 is 0 Å². The first-order valence-corrected chi connectivity index (χ1v) is 4.29. The van der Waals surface area contributed by atoms with E-state index in [1.54, 1.807) is 7.11 Å². The van der Waals surface area contributed by atoms with Crippen molar-refractivity contribution in [3.8, 4) is 0 Å². The monoisotopic (exact) mass is 160 g/mol. The van der Waals surface area contributed by atoms with E-state index in [-0.39, 0.29) is 6.23 Å². The van der Waals surface area contributed by atoms with Gasteiger partial charge >= 0.3 is 0 Å². The lowest BCUT2D eigenvalue weighted by atomic mass is 10.1. The molecule has 0 heterocycles. The second-order valence-corrected chi connectivity index (χ2v) is 2.77. The summed E-state index contributed by atoms with van der Waals surface area (Å²) in [6.07, 6.45) is 5.59. The number of nitrogens with two attached hydrogens (primary N) is 2. The molecule has 0 aromatic carbocycles. The molecule has 4 N–H and O–H groups in total. The Labute approximate surface area is 69.1 Å². The first kappa shape index (κ1) is 10.9. The highest BCUT2D eigenvalue weighted by molar-refractivity contribution is 4.49. The van der Waals surface area contributed by atoms with Crippen LogP contribution < -0.4 is 11.5 Å². The van der Waals surface area contributed by atoms with Crippen molar-refractivity contribution >= 4 is 0 Å². The van der Waals surface area contributed by atoms with Crippen molar-refractivity contribution in [2.45, 2.75) is 38.3 Å². The minimum absolute atomic E-state index is 0.0760. The molecule has 0 spiro atoms. The van der Waals surface area contributed by atoms with Crippen molar-refractivity contribution in [3.05, 3.63) is 0 Å². The zero-order valence-corrected chi connectivity index (χ0v) is 7.38. The lowest BCUT2D eigenvalue weighted by Gasteiger charge is -2.07. The summed E-state index contributed by atoms with van der Waals surface area (Å²) >= 11 is 0. The van der Waals surface area contributed by atoms with Gasteiger partial charge in [-0.15, -0.1) is 0 Å². The number of unbranched alkanes of at least 4 members (excludes halogenated alkanes) is 3. The number of rotatable bonds is 7.